The number of ketones is 1. The highest BCUT2D eigenvalue weighted by Gasteiger charge is 2.27. The van der Waals surface area contributed by atoms with Gasteiger partial charge in [0, 0.05) is 11.6 Å². The topological polar surface area (TPSA) is 134 Å². The number of benzene rings is 1. The van der Waals surface area contributed by atoms with Crippen molar-refractivity contribution in [3.8, 4) is 11.6 Å². The quantitative estimate of drug-likeness (QED) is 0.463. The van der Waals surface area contributed by atoms with Crippen LogP contribution in [0.3, 0.4) is 0 Å². The predicted molar refractivity (Wildman–Crippen MR) is 115 cm³/mol. The van der Waals surface area contributed by atoms with Crippen molar-refractivity contribution in [1.29, 1.82) is 0 Å². The maximum Gasteiger partial charge on any atom is 0.388 e. The number of rotatable bonds is 9. The highest BCUT2D eigenvalue weighted by molar-refractivity contribution is 7.18. The lowest BCUT2D eigenvalue weighted by molar-refractivity contribution is -0.118. The van der Waals surface area contributed by atoms with Gasteiger partial charge in [0.15, 0.2) is 5.13 Å². The summed E-state index contributed by atoms with van der Waals surface area (Å²) in [5.41, 5.74) is 12.2. The van der Waals surface area contributed by atoms with Gasteiger partial charge in [0.05, 0.1) is 19.0 Å². The highest BCUT2D eigenvalue weighted by atomic mass is 32.1. The summed E-state index contributed by atoms with van der Waals surface area (Å²) in [5, 5.41) is 0.204. The van der Waals surface area contributed by atoms with Crippen LogP contribution in [0.25, 0.3) is 0 Å². The van der Waals surface area contributed by atoms with Crippen molar-refractivity contribution in [2.75, 3.05) is 17.7 Å². The van der Waals surface area contributed by atoms with E-state index in [2.05, 4.69) is 14.7 Å². The minimum absolute atomic E-state index is 0.0295. The van der Waals surface area contributed by atoms with Gasteiger partial charge in [0.25, 0.3) is 0 Å². The molecule has 0 fully saturated rings. The monoisotopic (exact) mass is 463 g/mol. The first kappa shape index (κ1) is 22.9. The summed E-state index contributed by atoms with van der Waals surface area (Å²) in [7, 11) is 1.51. The van der Waals surface area contributed by atoms with E-state index < -0.39 is 18.6 Å². The number of methoxy groups -OCH3 is 1. The van der Waals surface area contributed by atoms with Crippen LogP contribution in [-0.2, 0) is 4.79 Å². The summed E-state index contributed by atoms with van der Waals surface area (Å²) >= 11 is 0.958. The number of carbonyl (C=O) groups excluding carboxylic acids is 2. The summed E-state index contributed by atoms with van der Waals surface area (Å²) in [5.74, 6) is -0.788. The second kappa shape index (κ2) is 9.56. The van der Waals surface area contributed by atoms with Gasteiger partial charge in [-0.15, -0.1) is 0 Å². The number of nitrogens with zero attached hydrogens (tertiary/aromatic N) is 3. The van der Waals surface area contributed by atoms with Gasteiger partial charge in [0.2, 0.25) is 17.6 Å². The fourth-order valence-corrected chi connectivity index (χ4v) is 3.81. The maximum absolute atomic E-state index is 12.9. The minimum Gasteiger partial charge on any atom is -0.497 e. The van der Waals surface area contributed by atoms with Crippen LogP contribution in [0.15, 0.2) is 42.6 Å². The Bertz CT molecular complexity index is 1110. The number of amides is 1. The van der Waals surface area contributed by atoms with Crippen molar-refractivity contribution < 1.29 is 27.8 Å². The Morgan fingerprint density at radius 3 is 2.38 bits per heavy atom. The lowest BCUT2D eigenvalue weighted by Crippen LogP contribution is -2.40. The molecule has 0 saturated heterocycles. The molecule has 0 bridgehead atoms. The Labute approximate surface area is 185 Å². The van der Waals surface area contributed by atoms with Crippen LogP contribution < -0.4 is 25.8 Å². The summed E-state index contributed by atoms with van der Waals surface area (Å²) < 4.78 is 34.1. The van der Waals surface area contributed by atoms with E-state index in [1.807, 2.05) is 0 Å². The molecule has 0 spiro atoms. The third-order valence-electron chi connectivity index (χ3n) is 4.41. The fraction of sp³-hybridized carbons (Fsp3) is 0.200. The number of nitrogens with two attached hydrogens (primary N) is 2. The van der Waals surface area contributed by atoms with Gasteiger partial charge in [-0.2, -0.15) is 8.78 Å². The maximum atomic E-state index is 12.9. The number of hydrogen-bond acceptors (Lipinski definition) is 9. The molecule has 1 atom stereocenters. The number of anilines is 3. The number of pyridine rings is 1. The number of thiazole rings is 1. The Hall–Kier alpha value is -3.80. The molecule has 3 rings (SSSR count). The van der Waals surface area contributed by atoms with Gasteiger partial charge >= 0.3 is 6.61 Å². The largest absolute Gasteiger partial charge is 0.497 e. The Morgan fingerprint density at radius 2 is 1.84 bits per heavy atom. The third-order valence-corrected chi connectivity index (χ3v) is 5.48. The SMILES string of the molecule is COc1ccc(C(=O)c2sc(N(c3ccc(OC(F)F)nc3)C(C)C(N)=O)nc2N)cc1. The summed E-state index contributed by atoms with van der Waals surface area (Å²) in [6, 6.07) is 8.18. The Kier molecular flexibility index (Phi) is 6.83. The molecule has 4 N–H and O–H groups in total. The van der Waals surface area contributed by atoms with E-state index >= 15 is 0 Å². The molecule has 2 aromatic heterocycles. The lowest BCUT2D eigenvalue weighted by Gasteiger charge is -2.26. The zero-order valence-electron chi connectivity index (χ0n) is 17.0. The lowest BCUT2D eigenvalue weighted by atomic mass is 10.1. The number of hydrogen-bond donors (Lipinski definition) is 2. The van der Waals surface area contributed by atoms with Crippen LogP contribution in [0.1, 0.15) is 22.2 Å². The predicted octanol–water partition coefficient (Wildman–Crippen LogP) is 2.97. The second-order valence-corrected chi connectivity index (χ2v) is 7.43. The first-order valence-electron chi connectivity index (χ1n) is 9.15. The summed E-state index contributed by atoms with van der Waals surface area (Å²) in [6.45, 7) is -1.51. The third kappa shape index (κ3) is 4.91. The van der Waals surface area contributed by atoms with Gasteiger partial charge in [-0.25, -0.2) is 9.97 Å². The van der Waals surface area contributed by atoms with E-state index in [0.29, 0.717) is 17.0 Å². The second-order valence-electron chi connectivity index (χ2n) is 6.45. The number of primary amides is 1. The number of nitrogen functional groups attached to an aromatic ring is 1. The van der Waals surface area contributed by atoms with Crippen molar-refractivity contribution in [3.05, 3.63) is 53.0 Å². The average Bonchev–Trinajstić information content (AvgIpc) is 3.15. The molecule has 1 unspecified atom stereocenters. The van der Waals surface area contributed by atoms with Crippen molar-refractivity contribution >= 4 is 39.7 Å². The van der Waals surface area contributed by atoms with E-state index in [1.54, 1.807) is 24.3 Å². The molecular formula is C20H19F2N5O4S. The molecule has 0 aliphatic rings. The fourth-order valence-electron chi connectivity index (χ4n) is 2.76. The smallest absolute Gasteiger partial charge is 0.388 e. The van der Waals surface area contributed by atoms with Gasteiger partial charge < -0.3 is 25.8 Å². The van der Waals surface area contributed by atoms with Gasteiger partial charge in [-0.3, -0.25) is 9.59 Å². The van der Waals surface area contributed by atoms with Crippen molar-refractivity contribution in [3.63, 3.8) is 0 Å². The number of halogens is 2. The van der Waals surface area contributed by atoms with Crippen LogP contribution >= 0.6 is 11.3 Å². The highest BCUT2D eigenvalue weighted by Crippen LogP contribution is 2.36. The minimum atomic E-state index is -3.03. The molecule has 1 aromatic carbocycles. The molecule has 0 aliphatic heterocycles. The van der Waals surface area contributed by atoms with E-state index in [9.17, 15) is 18.4 Å². The number of carbonyl (C=O) groups is 2. The molecule has 32 heavy (non-hydrogen) atoms. The average molecular weight is 463 g/mol. The zero-order valence-corrected chi connectivity index (χ0v) is 17.8. The number of aromatic nitrogens is 2. The standard InChI is InChI=1S/C20H19F2N5O4S/c1-10(18(24)29)27(12-5-8-14(25-9-12)31-19(21)22)20-26-17(23)16(32-20)15(28)11-3-6-13(30-2)7-4-11/h3-10,19H,23H2,1-2H3,(H2,24,29). The molecule has 12 heteroatoms. The first-order chi connectivity index (χ1) is 15.2. The Morgan fingerprint density at radius 1 is 1.16 bits per heavy atom. The Balaban J connectivity index is 1.97. The van der Waals surface area contributed by atoms with Crippen molar-refractivity contribution in [2.45, 2.75) is 19.6 Å². The van der Waals surface area contributed by atoms with Crippen molar-refractivity contribution in [1.82, 2.24) is 9.97 Å². The molecule has 0 radical (unpaired) electrons. The van der Waals surface area contributed by atoms with E-state index in [-0.39, 0.29) is 27.5 Å². The summed E-state index contributed by atoms with van der Waals surface area (Å²) in [6.07, 6.45) is 1.22. The molecule has 2 heterocycles. The van der Waals surface area contributed by atoms with Crippen LogP contribution in [0.4, 0.5) is 25.4 Å². The normalized spacial score (nSPS) is 11.8. The first-order valence-corrected chi connectivity index (χ1v) is 9.97. The molecular weight excluding hydrogens is 444 g/mol. The molecule has 3 aromatic rings. The van der Waals surface area contributed by atoms with Crippen LogP contribution in [0.2, 0.25) is 0 Å². The number of alkyl halides is 2. The molecule has 9 nitrogen and oxygen atoms in total. The van der Waals surface area contributed by atoms with Crippen LogP contribution in [0.5, 0.6) is 11.6 Å². The van der Waals surface area contributed by atoms with E-state index in [0.717, 1.165) is 11.3 Å². The molecule has 1 amide bonds. The van der Waals surface area contributed by atoms with Gasteiger partial charge in [0.1, 0.15) is 22.5 Å². The molecule has 0 aliphatic carbocycles. The van der Waals surface area contributed by atoms with Gasteiger partial charge in [-0.05, 0) is 37.3 Å². The summed E-state index contributed by atoms with van der Waals surface area (Å²) in [4.78, 5) is 34.5. The number of ether oxygens (including phenoxy) is 2. The van der Waals surface area contributed by atoms with Crippen molar-refractivity contribution in [2.24, 2.45) is 5.73 Å². The molecule has 168 valence electrons. The molecule has 0 saturated carbocycles. The van der Waals surface area contributed by atoms with Crippen LogP contribution in [-0.4, -0.2) is 41.4 Å². The van der Waals surface area contributed by atoms with Crippen LogP contribution in [0, 0.1) is 0 Å². The van der Waals surface area contributed by atoms with E-state index in [1.165, 1.54) is 37.3 Å². The van der Waals surface area contributed by atoms with E-state index in [4.69, 9.17) is 16.2 Å². The van der Waals surface area contributed by atoms with Gasteiger partial charge in [-0.1, -0.05) is 11.3 Å². The zero-order chi connectivity index (χ0) is 23.4.